The molecular weight excluding hydrogens is 392 g/mol. The third-order valence-electron chi connectivity index (χ3n) is 3.07. The highest BCUT2D eigenvalue weighted by Crippen LogP contribution is 2.30. The zero-order valence-electron chi connectivity index (χ0n) is 12.4. The molecule has 0 aliphatic rings. The van der Waals surface area contributed by atoms with Gasteiger partial charge in [-0.05, 0) is 30.3 Å². The highest BCUT2D eigenvalue weighted by Gasteiger charge is 2.12. The van der Waals surface area contributed by atoms with Gasteiger partial charge in [0.15, 0.2) is 5.82 Å². The molecule has 1 heterocycles. The summed E-state index contributed by atoms with van der Waals surface area (Å²) >= 11 is 4.56. The Kier molecular flexibility index (Phi) is 5.17. The maximum Gasteiger partial charge on any atom is 0.234 e. The molecule has 3 aromatic rings. The highest BCUT2D eigenvalue weighted by atomic mass is 79.9. The number of nitrogens with zero attached hydrogens (tertiary/aromatic N) is 2. The Morgan fingerprint density at radius 2 is 2.04 bits per heavy atom. The van der Waals surface area contributed by atoms with Gasteiger partial charge in [-0.3, -0.25) is 9.89 Å². The van der Waals surface area contributed by atoms with Crippen molar-refractivity contribution >= 4 is 39.3 Å². The van der Waals surface area contributed by atoms with E-state index >= 15 is 0 Å². The lowest BCUT2D eigenvalue weighted by atomic mass is 10.2. The number of carbonyl (C=O) groups excluding carboxylic acids is 1. The average molecular weight is 405 g/mol. The number of aromatic hydroxyl groups is 1. The number of amides is 1. The van der Waals surface area contributed by atoms with Crippen molar-refractivity contribution in [1.82, 2.24) is 15.2 Å². The lowest BCUT2D eigenvalue weighted by Gasteiger charge is -2.03. The maximum absolute atomic E-state index is 11.9. The van der Waals surface area contributed by atoms with Crippen molar-refractivity contribution in [2.24, 2.45) is 0 Å². The first kappa shape index (κ1) is 16.5. The topological polar surface area (TPSA) is 90.9 Å². The monoisotopic (exact) mass is 404 g/mol. The number of aromatic amines is 1. The highest BCUT2D eigenvalue weighted by molar-refractivity contribution is 9.10. The minimum atomic E-state index is -0.136. The van der Waals surface area contributed by atoms with Crippen molar-refractivity contribution in [2.45, 2.75) is 5.16 Å². The molecule has 3 rings (SSSR count). The molecule has 0 unspecified atom stereocenters. The zero-order chi connectivity index (χ0) is 16.9. The summed E-state index contributed by atoms with van der Waals surface area (Å²) in [6.07, 6.45) is 0. The summed E-state index contributed by atoms with van der Waals surface area (Å²) in [5.41, 5.74) is 1.29. The van der Waals surface area contributed by atoms with Crippen LogP contribution in [0.3, 0.4) is 0 Å². The van der Waals surface area contributed by atoms with Gasteiger partial charge in [-0.25, -0.2) is 4.98 Å². The van der Waals surface area contributed by atoms with Crippen LogP contribution in [0.15, 0.2) is 58.2 Å². The Morgan fingerprint density at radius 3 is 2.83 bits per heavy atom. The first-order valence-corrected chi connectivity index (χ1v) is 8.78. The number of nitrogens with one attached hydrogen (secondary N) is 2. The van der Waals surface area contributed by atoms with Gasteiger partial charge < -0.3 is 10.4 Å². The molecule has 1 amide bonds. The number of carbonyl (C=O) groups is 1. The van der Waals surface area contributed by atoms with E-state index in [0.29, 0.717) is 16.5 Å². The molecule has 24 heavy (non-hydrogen) atoms. The van der Waals surface area contributed by atoms with Crippen LogP contribution in [0.25, 0.3) is 11.4 Å². The second-order valence-corrected chi connectivity index (χ2v) is 6.69. The summed E-state index contributed by atoms with van der Waals surface area (Å²) in [6, 6.07) is 14.3. The molecule has 122 valence electrons. The normalized spacial score (nSPS) is 10.5. The summed E-state index contributed by atoms with van der Waals surface area (Å²) in [6.45, 7) is 0. The molecule has 0 atom stereocenters. The Hall–Kier alpha value is -2.32. The van der Waals surface area contributed by atoms with E-state index in [2.05, 4.69) is 36.4 Å². The minimum Gasteiger partial charge on any atom is -0.507 e. The molecule has 0 saturated carbocycles. The summed E-state index contributed by atoms with van der Waals surface area (Å²) in [7, 11) is 0. The fraction of sp³-hybridized carbons (Fsp3) is 0.0625. The van der Waals surface area contributed by atoms with Crippen molar-refractivity contribution in [3.05, 3.63) is 53.0 Å². The Bertz CT molecular complexity index is 854. The largest absolute Gasteiger partial charge is 0.507 e. The first-order chi connectivity index (χ1) is 11.6. The summed E-state index contributed by atoms with van der Waals surface area (Å²) in [5.74, 6) is 0.603. The number of para-hydroxylation sites is 1. The van der Waals surface area contributed by atoms with E-state index < -0.39 is 0 Å². The fourth-order valence-electron chi connectivity index (χ4n) is 1.98. The minimum absolute atomic E-state index is 0.104. The Balaban J connectivity index is 1.62. The van der Waals surface area contributed by atoms with Crippen LogP contribution in [0, 0.1) is 0 Å². The van der Waals surface area contributed by atoms with Gasteiger partial charge in [0.25, 0.3) is 0 Å². The van der Waals surface area contributed by atoms with Crippen molar-refractivity contribution < 1.29 is 9.90 Å². The molecule has 1 aromatic heterocycles. The van der Waals surface area contributed by atoms with Gasteiger partial charge in [0.2, 0.25) is 11.1 Å². The van der Waals surface area contributed by atoms with Gasteiger partial charge in [-0.1, -0.05) is 45.9 Å². The number of rotatable bonds is 5. The number of hydrogen-bond donors (Lipinski definition) is 3. The standard InChI is InChI=1S/C16H13BrN4O2S/c17-10-6-7-13(22)12(8-10)15-19-16(21-20-15)24-9-14(23)18-11-4-2-1-3-5-11/h1-8,22H,9H2,(H,18,23)(H,19,20,21). The van der Waals surface area contributed by atoms with Crippen LogP contribution in [-0.2, 0) is 4.79 Å². The van der Waals surface area contributed by atoms with E-state index in [4.69, 9.17) is 0 Å². The molecule has 0 spiro atoms. The van der Waals surface area contributed by atoms with E-state index in [1.807, 2.05) is 30.3 Å². The molecule has 0 fully saturated rings. The number of benzene rings is 2. The number of phenols is 1. The van der Waals surface area contributed by atoms with Crippen LogP contribution < -0.4 is 5.32 Å². The number of anilines is 1. The molecular formula is C16H13BrN4O2S. The van der Waals surface area contributed by atoms with Crippen molar-refractivity contribution in [3.8, 4) is 17.1 Å². The Morgan fingerprint density at radius 1 is 1.25 bits per heavy atom. The molecule has 8 heteroatoms. The second kappa shape index (κ2) is 7.50. The van der Waals surface area contributed by atoms with Gasteiger partial charge >= 0.3 is 0 Å². The molecule has 0 bridgehead atoms. The number of hydrogen-bond acceptors (Lipinski definition) is 5. The smallest absolute Gasteiger partial charge is 0.234 e. The fourth-order valence-corrected chi connectivity index (χ4v) is 2.94. The van der Waals surface area contributed by atoms with E-state index in [9.17, 15) is 9.90 Å². The van der Waals surface area contributed by atoms with Crippen LogP contribution in [0.5, 0.6) is 5.75 Å². The molecule has 6 nitrogen and oxygen atoms in total. The number of aromatic nitrogens is 3. The van der Waals surface area contributed by atoms with E-state index in [-0.39, 0.29) is 17.4 Å². The van der Waals surface area contributed by atoms with E-state index in [1.54, 1.807) is 18.2 Å². The van der Waals surface area contributed by atoms with Crippen LogP contribution in [0.1, 0.15) is 0 Å². The van der Waals surface area contributed by atoms with Crippen LogP contribution in [0.2, 0.25) is 0 Å². The summed E-state index contributed by atoms with van der Waals surface area (Å²) in [5, 5.41) is 20.0. The second-order valence-electron chi connectivity index (χ2n) is 4.83. The van der Waals surface area contributed by atoms with Gasteiger partial charge in [0, 0.05) is 10.2 Å². The number of phenolic OH excluding ortho intramolecular Hbond substituents is 1. The van der Waals surface area contributed by atoms with Crippen molar-refractivity contribution in [3.63, 3.8) is 0 Å². The lowest BCUT2D eigenvalue weighted by Crippen LogP contribution is -2.13. The molecule has 0 aliphatic heterocycles. The molecule has 3 N–H and O–H groups in total. The van der Waals surface area contributed by atoms with Gasteiger partial charge in [0.1, 0.15) is 5.75 Å². The SMILES string of the molecule is O=C(CSc1n[nH]c(-c2cc(Br)ccc2O)n1)Nc1ccccc1. The molecule has 2 aromatic carbocycles. The van der Waals surface area contributed by atoms with Crippen LogP contribution in [0.4, 0.5) is 5.69 Å². The first-order valence-electron chi connectivity index (χ1n) is 7.01. The zero-order valence-corrected chi connectivity index (χ0v) is 14.8. The van der Waals surface area contributed by atoms with Gasteiger partial charge in [-0.2, -0.15) is 0 Å². The average Bonchev–Trinajstić information content (AvgIpc) is 3.05. The summed E-state index contributed by atoms with van der Waals surface area (Å²) < 4.78 is 0.822. The quantitative estimate of drug-likeness (QED) is 0.564. The molecule has 0 aliphatic carbocycles. The van der Waals surface area contributed by atoms with Gasteiger partial charge in [0.05, 0.1) is 11.3 Å². The Labute approximate surface area is 150 Å². The van der Waals surface area contributed by atoms with Crippen LogP contribution in [-0.4, -0.2) is 31.9 Å². The van der Waals surface area contributed by atoms with E-state index in [1.165, 1.54) is 11.8 Å². The summed E-state index contributed by atoms with van der Waals surface area (Å²) in [4.78, 5) is 16.2. The van der Waals surface area contributed by atoms with Gasteiger partial charge in [-0.15, -0.1) is 5.10 Å². The maximum atomic E-state index is 11.9. The number of thioether (sulfide) groups is 1. The lowest BCUT2D eigenvalue weighted by molar-refractivity contribution is -0.113. The van der Waals surface area contributed by atoms with E-state index in [0.717, 1.165) is 10.2 Å². The molecule has 0 saturated heterocycles. The third kappa shape index (κ3) is 4.15. The van der Waals surface area contributed by atoms with Crippen molar-refractivity contribution in [1.29, 1.82) is 0 Å². The molecule has 0 radical (unpaired) electrons. The predicted molar refractivity (Wildman–Crippen MR) is 97.0 cm³/mol. The third-order valence-corrected chi connectivity index (χ3v) is 4.41. The number of halogens is 1. The van der Waals surface area contributed by atoms with Crippen LogP contribution >= 0.6 is 27.7 Å². The predicted octanol–water partition coefficient (Wildman–Crippen LogP) is 3.67. The number of H-pyrrole nitrogens is 1. The van der Waals surface area contributed by atoms with Crippen molar-refractivity contribution in [2.75, 3.05) is 11.1 Å².